The topological polar surface area (TPSA) is 51.5 Å². The van der Waals surface area contributed by atoms with Gasteiger partial charge < -0.3 is 9.13 Å². The SMILES string of the molecule is N#Cc1ccc(-n2c3ccccc3c3ccccc32)c(-c2cccnc2-n2c3ccccc3c3cc(-n4c5ccccc5c5ccccc54)ccc32)c1. The second kappa shape index (κ2) is 11.3. The van der Waals surface area contributed by atoms with Crippen LogP contribution in [-0.4, -0.2) is 18.7 Å². The van der Waals surface area contributed by atoms with Crippen molar-refractivity contribution >= 4 is 65.4 Å². The van der Waals surface area contributed by atoms with Gasteiger partial charge in [0.05, 0.1) is 50.4 Å². The Morgan fingerprint density at radius 2 is 0.887 bits per heavy atom. The molecule has 0 fully saturated rings. The predicted molar refractivity (Wildman–Crippen MR) is 217 cm³/mol. The normalized spacial score (nSPS) is 11.8. The predicted octanol–water partition coefficient (Wildman–Crippen LogP) is 11.9. The van der Waals surface area contributed by atoms with Gasteiger partial charge in [-0.25, -0.2) is 4.98 Å². The molecule has 0 radical (unpaired) electrons. The van der Waals surface area contributed by atoms with E-state index >= 15 is 0 Å². The molecular weight excluding hydrogens is 647 g/mol. The lowest BCUT2D eigenvalue weighted by Crippen LogP contribution is -2.03. The zero-order chi connectivity index (χ0) is 35.0. The molecule has 5 nitrogen and oxygen atoms in total. The highest BCUT2D eigenvalue weighted by Gasteiger charge is 2.22. The molecule has 0 saturated heterocycles. The van der Waals surface area contributed by atoms with E-state index in [1.165, 1.54) is 32.6 Å². The van der Waals surface area contributed by atoms with Crippen LogP contribution < -0.4 is 0 Å². The second-order valence-electron chi connectivity index (χ2n) is 13.5. The van der Waals surface area contributed by atoms with Crippen molar-refractivity contribution in [2.45, 2.75) is 0 Å². The number of nitrogens with zero attached hydrogens (tertiary/aromatic N) is 5. The van der Waals surface area contributed by atoms with Gasteiger partial charge in [0.1, 0.15) is 5.82 Å². The van der Waals surface area contributed by atoms with Crippen LogP contribution in [0.5, 0.6) is 0 Å². The lowest BCUT2D eigenvalue weighted by Gasteiger charge is -2.18. The Kier molecular flexibility index (Phi) is 6.25. The standard InChI is InChI=1S/C48H29N5/c49-30-31-23-25-46(52-43-20-8-3-14-35(43)36-15-4-9-21-44(36)52)39(28-31)38-17-11-27-50-48(38)53-45-22-10-5-16-37(45)40-29-32(24-26-47(40)53)51-41-18-6-1-12-33(41)34-13-2-7-19-42(34)51/h1-29H. The van der Waals surface area contributed by atoms with Crippen LogP contribution in [0.4, 0.5) is 0 Å². The lowest BCUT2D eigenvalue weighted by molar-refractivity contribution is 1.08. The molecule has 0 unspecified atom stereocenters. The molecule has 11 aromatic rings. The number of fused-ring (bicyclic) bond motifs is 9. The highest BCUT2D eigenvalue weighted by molar-refractivity contribution is 6.13. The number of nitriles is 1. The maximum atomic E-state index is 10.2. The first-order valence-electron chi connectivity index (χ1n) is 17.8. The van der Waals surface area contributed by atoms with Gasteiger partial charge in [-0.2, -0.15) is 5.26 Å². The van der Waals surface area contributed by atoms with Crippen molar-refractivity contribution in [3.8, 4) is 34.4 Å². The summed E-state index contributed by atoms with van der Waals surface area (Å²) in [7, 11) is 0. The van der Waals surface area contributed by atoms with Gasteiger partial charge in [0.25, 0.3) is 0 Å². The fourth-order valence-electron chi connectivity index (χ4n) is 8.51. The summed E-state index contributed by atoms with van der Waals surface area (Å²) in [5.74, 6) is 0.806. The molecular formula is C48H29N5. The summed E-state index contributed by atoms with van der Waals surface area (Å²) in [5, 5.41) is 17.3. The minimum atomic E-state index is 0.595. The van der Waals surface area contributed by atoms with Crippen LogP contribution in [0.3, 0.4) is 0 Å². The van der Waals surface area contributed by atoms with Gasteiger partial charge in [-0.15, -0.1) is 0 Å². The highest BCUT2D eigenvalue weighted by atomic mass is 15.1. The van der Waals surface area contributed by atoms with Gasteiger partial charge >= 0.3 is 0 Å². The molecule has 11 rings (SSSR count). The maximum absolute atomic E-state index is 10.2. The third-order valence-electron chi connectivity index (χ3n) is 10.7. The Labute approximate surface area is 304 Å². The van der Waals surface area contributed by atoms with E-state index in [1.807, 2.05) is 24.4 Å². The summed E-state index contributed by atoms with van der Waals surface area (Å²) >= 11 is 0. The number of pyridine rings is 1. The van der Waals surface area contributed by atoms with Gasteiger partial charge in [-0.3, -0.25) is 4.57 Å². The van der Waals surface area contributed by atoms with Crippen LogP contribution in [0.1, 0.15) is 5.56 Å². The van der Waals surface area contributed by atoms with Crippen molar-refractivity contribution in [2.24, 2.45) is 0 Å². The molecule has 0 spiro atoms. The molecule has 4 heterocycles. The molecule has 0 aliphatic heterocycles. The third-order valence-corrected chi connectivity index (χ3v) is 10.7. The van der Waals surface area contributed by atoms with Gasteiger partial charge in [-0.1, -0.05) is 91.0 Å². The van der Waals surface area contributed by atoms with E-state index in [4.69, 9.17) is 4.98 Å². The molecule has 0 aliphatic carbocycles. The minimum absolute atomic E-state index is 0.595. The maximum Gasteiger partial charge on any atom is 0.145 e. The van der Waals surface area contributed by atoms with E-state index in [1.54, 1.807) is 0 Å². The number of benzene rings is 7. The fraction of sp³-hybridized carbons (Fsp3) is 0. The molecule has 246 valence electrons. The van der Waals surface area contributed by atoms with Crippen molar-refractivity contribution in [3.63, 3.8) is 0 Å². The third kappa shape index (κ3) is 4.21. The molecule has 0 amide bonds. The highest BCUT2D eigenvalue weighted by Crippen LogP contribution is 2.41. The fourth-order valence-corrected chi connectivity index (χ4v) is 8.51. The first-order chi connectivity index (χ1) is 26.3. The van der Waals surface area contributed by atoms with Crippen molar-refractivity contribution in [1.29, 1.82) is 5.26 Å². The summed E-state index contributed by atoms with van der Waals surface area (Å²) in [6, 6.07) is 62.2. The first kappa shape index (κ1) is 29.3. The zero-order valence-electron chi connectivity index (χ0n) is 28.5. The Bertz CT molecular complexity index is 3210. The van der Waals surface area contributed by atoms with Crippen LogP contribution in [0.25, 0.3) is 93.7 Å². The minimum Gasteiger partial charge on any atom is -0.309 e. The molecule has 0 atom stereocenters. The van der Waals surface area contributed by atoms with Crippen molar-refractivity contribution in [2.75, 3.05) is 0 Å². The van der Waals surface area contributed by atoms with E-state index in [-0.39, 0.29) is 0 Å². The van der Waals surface area contributed by atoms with Gasteiger partial charge in [-0.05, 0) is 78.9 Å². The van der Waals surface area contributed by atoms with Crippen LogP contribution in [-0.2, 0) is 0 Å². The van der Waals surface area contributed by atoms with Gasteiger partial charge in [0.2, 0.25) is 0 Å². The largest absolute Gasteiger partial charge is 0.309 e. The second-order valence-corrected chi connectivity index (χ2v) is 13.5. The average Bonchev–Trinajstić information content (AvgIpc) is 3.86. The summed E-state index contributed by atoms with van der Waals surface area (Å²) in [4.78, 5) is 5.12. The number of rotatable bonds is 4. The number of para-hydroxylation sites is 5. The molecule has 5 heteroatoms. The smallest absolute Gasteiger partial charge is 0.145 e. The molecule has 0 aliphatic rings. The monoisotopic (exact) mass is 675 g/mol. The Morgan fingerprint density at radius 3 is 1.45 bits per heavy atom. The lowest BCUT2D eigenvalue weighted by atomic mass is 10.0. The summed E-state index contributed by atoms with van der Waals surface area (Å²) in [6.45, 7) is 0. The van der Waals surface area contributed by atoms with E-state index in [0.717, 1.165) is 61.2 Å². The van der Waals surface area contributed by atoms with Crippen LogP contribution in [0, 0.1) is 11.3 Å². The molecule has 7 aromatic carbocycles. The molecule has 0 saturated carbocycles. The summed E-state index contributed by atoms with van der Waals surface area (Å²) in [5.41, 5.74) is 11.3. The summed E-state index contributed by atoms with van der Waals surface area (Å²) < 4.78 is 6.97. The van der Waals surface area contributed by atoms with Crippen molar-refractivity contribution in [3.05, 3.63) is 182 Å². The molecule has 53 heavy (non-hydrogen) atoms. The molecule has 0 bridgehead atoms. The summed E-state index contributed by atoms with van der Waals surface area (Å²) in [6.07, 6.45) is 1.86. The first-order valence-corrected chi connectivity index (χ1v) is 17.8. The van der Waals surface area contributed by atoms with Gasteiger partial charge in [0.15, 0.2) is 0 Å². The Balaban J connectivity index is 1.19. The van der Waals surface area contributed by atoms with E-state index in [2.05, 4.69) is 171 Å². The van der Waals surface area contributed by atoms with Crippen LogP contribution in [0.15, 0.2) is 176 Å². The number of aromatic nitrogens is 4. The quantitative estimate of drug-likeness (QED) is 0.186. The molecule has 4 aromatic heterocycles. The van der Waals surface area contributed by atoms with Crippen LogP contribution >= 0.6 is 0 Å². The van der Waals surface area contributed by atoms with Gasteiger partial charge in [0, 0.05) is 55.3 Å². The van der Waals surface area contributed by atoms with Crippen molar-refractivity contribution in [1.82, 2.24) is 18.7 Å². The Hall–Kier alpha value is -7.42. The van der Waals surface area contributed by atoms with E-state index in [0.29, 0.717) is 5.56 Å². The van der Waals surface area contributed by atoms with E-state index in [9.17, 15) is 5.26 Å². The van der Waals surface area contributed by atoms with Crippen molar-refractivity contribution < 1.29 is 0 Å². The molecule has 0 N–H and O–H groups in total. The van der Waals surface area contributed by atoms with Crippen LogP contribution in [0.2, 0.25) is 0 Å². The average molecular weight is 676 g/mol. The number of hydrogen-bond donors (Lipinski definition) is 0. The zero-order valence-corrected chi connectivity index (χ0v) is 28.5. The Morgan fingerprint density at radius 1 is 0.396 bits per heavy atom. The van der Waals surface area contributed by atoms with E-state index < -0.39 is 0 Å². The number of hydrogen-bond acceptors (Lipinski definition) is 2.